The van der Waals surface area contributed by atoms with E-state index >= 15 is 0 Å². The maximum atomic E-state index is 12.2. The minimum atomic E-state index is -0.400. The van der Waals surface area contributed by atoms with Gasteiger partial charge < -0.3 is 10.0 Å². The average Bonchev–Trinajstić information content (AvgIpc) is 2.53. The fourth-order valence-electron chi connectivity index (χ4n) is 2.42. The van der Waals surface area contributed by atoms with Gasteiger partial charge >= 0.3 is 0 Å². The average molecular weight is 234 g/mol. The molecule has 17 heavy (non-hydrogen) atoms. The van der Waals surface area contributed by atoms with Crippen molar-refractivity contribution in [1.29, 1.82) is 0 Å². The third-order valence-corrected chi connectivity index (χ3v) is 3.24. The van der Waals surface area contributed by atoms with Crippen LogP contribution < -0.4 is 0 Å². The Kier molecular flexibility index (Phi) is 3.15. The minimum absolute atomic E-state index is 0.0551. The molecule has 1 amide bonds. The lowest BCUT2D eigenvalue weighted by Crippen LogP contribution is -2.43. The van der Waals surface area contributed by atoms with Gasteiger partial charge in [0.15, 0.2) is 0 Å². The summed E-state index contributed by atoms with van der Waals surface area (Å²) >= 11 is 0. The van der Waals surface area contributed by atoms with Crippen molar-refractivity contribution in [3.05, 3.63) is 30.1 Å². The highest BCUT2D eigenvalue weighted by Gasteiger charge is 2.40. The number of aliphatic hydroxyl groups is 1. The second kappa shape index (κ2) is 4.45. The molecule has 0 radical (unpaired) electrons. The summed E-state index contributed by atoms with van der Waals surface area (Å²) in [6.45, 7) is 4.42. The number of hydrogen-bond donors (Lipinski definition) is 1. The van der Waals surface area contributed by atoms with Gasteiger partial charge in [-0.2, -0.15) is 0 Å². The van der Waals surface area contributed by atoms with Crippen LogP contribution in [0.1, 0.15) is 25.8 Å². The molecule has 4 heteroatoms. The number of amides is 1. The van der Waals surface area contributed by atoms with Gasteiger partial charge in [-0.25, -0.2) is 0 Å². The summed E-state index contributed by atoms with van der Waals surface area (Å²) in [6, 6.07) is 3.72. The third kappa shape index (κ3) is 2.64. The molecule has 1 atom stereocenters. The summed E-state index contributed by atoms with van der Waals surface area (Å²) in [6.07, 6.45) is 3.99. The van der Waals surface area contributed by atoms with E-state index in [9.17, 15) is 9.90 Å². The molecule has 1 N–H and O–H groups in total. The molecule has 1 unspecified atom stereocenters. The molecule has 2 heterocycles. The highest BCUT2D eigenvalue weighted by molar-refractivity contribution is 5.79. The molecule has 1 saturated heterocycles. The van der Waals surface area contributed by atoms with Crippen molar-refractivity contribution < 1.29 is 9.90 Å². The number of carbonyl (C=O) groups excluding carboxylic acids is 1. The van der Waals surface area contributed by atoms with Gasteiger partial charge in [-0.1, -0.05) is 6.07 Å². The quantitative estimate of drug-likeness (QED) is 0.830. The van der Waals surface area contributed by atoms with Crippen LogP contribution in [0.5, 0.6) is 0 Å². The Morgan fingerprint density at radius 2 is 2.41 bits per heavy atom. The molecule has 1 aliphatic heterocycles. The minimum Gasteiger partial charge on any atom is -0.391 e. The van der Waals surface area contributed by atoms with E-state index in [-0.39, 0.29) is 11.4 Å². The van der Waals surface area contributed by atoms with Crippen LogP contribution >= 0.6 is 0 Å². The van der Waals surface area contributed by atoms with Crippen LogP contribution in [0.3, 0.4) is 0 Å². The Balaban J connectivity index is 2.06. The summed E-state index contributed by atoms with van der Waals surface area (Å²) in [5.74, 6) is 0.0551. The molecule has 0 aromatic carbocycles. The first kappa shape index (κ1) is 12.0. The van der Waals surface area contributed by atoms with Crippen LogP contribution in [0.25, 0.3) is 0 Å². The molecule has 4 nitrogen and oxygen atoms in total. The Morgan fingerprint density at radius 3 is 2.94 bits per heavy atom. The van der Waals surface area contributed by atoms with Gasteiger partial charge in [-0.15, -0.1) is 0 Å². The molecule has 0 aliphatic carbocycles. The predicted octanol–water partition coefficient (Wildman–Crippen LogP) is 0.996. The zero-order valence-corrected chi connectivity index (χ0v) is 10.3. The number of likely N-dealkylation sites (tertiary alicyclic amines) is 1. The van der Waals surface area contributed by atoms with Gasteiger partial charge in [0.25, 0.3) is 0 Å². The Morgan fingerprint density at radius 1 is 1.65 bits per heavy atom. The van der Waals surface area contributed by atoms with Crippen molar-refractivity contribution in [3.63, 3.8) is 0 Å². The Labute approximate surface area is 101 Å². The second-order valence-electron chi connectivity index (χ2n) is 5.21. The van der Waals surface area contributed by atoms with Gasteiger partial charge in [-0.3, -0.25) is 9.78 Å². The first-order chi connectivity index (χ1) is 7.99. The summed E-state index contributed by atoms with van der Waals surface area (Å²) < 4.78 is 0. The van der Waals surface area contributed by atoms with E-state index < -0.39 is 6.10 Å². The van der Waals surface area contributed by atoms with E-state index in [1.807, 2.05) is 26.0 Å². The Hall–Kier alpha value is -1.42. The summed E-state index contributed by atoms with van der Waals surface area (Å²) in [7, 11) is 0. The largest absolute Gasteiger partial charge is 0.391 e. The smallest absolute Gasteiger partial charge is 0.227 e. The molecule has 1 fully saturated rings. The second-order valence-corrected chi connectivity index (χ2v) is 5.21. The fourth-order valence-corrected chi connectivity index (χ4v) is 2.42. The van der Waals surface area contributed by atoms with Crippen LogP contribution in [0.4, 0.5) is 0 Å². The van der Waals surface area contributed by atoms with E-state index in [4.69, 9.17) is 0 Å². The van der Waals surface area contributed by atoms with Crippen molar-refractivity contribution >= 4 is 5.91 Å². The van der Waals surface area contributed by atoms with Crippen molar-refractivity contribution in [2.75, 3.05) is 6.54 Å². The van der Waals surface area contributed by atoms with Crippen molar-refractivity contribution in [2.45, 2.75) is 38.3 Å². The number of carbonyl (C=O) groups is 1. The third-order valence-electron chi connectivity index (χ3n) is 3.24. The molecule has 1 aliphatic rings. The normalized spacial score (nSPS) is 22.8. The summed E-state index contributed by atoms with van der Waals surface area (Å²) in [5, 5.41) is 9.64. The lowest BCUT2D eigenvalue weighted by Gasteiger charge is -2.31. The summed E-state index contributed by atoms with van der Waals surface area (Å²) in [5.41, 5.74) is 0.660. The van der Waals surface area contributed by atoms with Crippen LogP contribution in [0.15, 0.2) is 24.5 Å². The standard InChI is InChI=1S/C13H18N2O2/c1-13(2)7-11(16)9-15(13)12(17)6-10-4-3-5-14-8-10/h3-5,8,11,16H,6-7,9H2,1-2H3. The molecule has 0 bridgehead atoms. The van der Waals surface area contributed by atoms with Gasteiger partial charge in [0, 0.05) is 24.5 Å². The van der Waals surface area contributed by atoms with Gasteiger partial charge in [-0.05, 0) is 31.9 Å². The maximum absolute atomic E-state index is 12.2. The summed E-state index contributed by atoms with van der Waals surface area (Å²) in [4.78, 5) is 17.9. The van der Waals surface area contributed by atoms with Gasteiger partial charge in [0.2, 0.25) is 5.91 Å². The van der Waals surface area contributed by atoms with E-state index in [1.165, 1.54) is 0 Å². The first-order valence-electron chi connectivity index (χ1n) is 5.86. The number of hydrogen-bond acceptors (Lipinski definition) is 3. The number of aromatic nitrogens is 1. The lowest BCUT2D eigenvalue weighted by atomic mass is 10.0. The SMILES string of the molecule is CC1(C)CC(O)CN1C(=O)Cc1cccnc1. The topological polar surface area (TPSA) is 53.4 Å². The highest BCUT2D eigenvalue weighted by atomic mass is 16.3. The van der Waals surface area contributed by atoms with Gasteiger partial charge in [0.1, 0.15) is 0 Å². The molecule has 92 valence electrons. The number of rotatable bonds is 2. The van der Waals surface area contributed by atoms with Crippen LogP contribution in [0, 0.1) is 0 Å². The monoisotopic (exact) mass is 234 g/mol. The van der Waals surface area contributed by atoms with E-state index in [0.717, 1.165) is 5.56 Å². The first-order valence-corrected chi connectivity index (χ1v) is 5.86. The Bertz CT molecular complexity index is 403. The molecule has 1 aromatic rings. The molecule has 1 aromatic heterocycles. The number of β-amino-alcohol motifs (C(OH)–C–C–N with tert-alkyl or cyclic N) is 1. The number of nitrogens with zero attached hydrogens (tertiary/aromatic N) is 2. The zero-order valence-electron chi connectivity index (χ0n) is 10.3. The van der Waals surface area contributed by atoms with Gasteiger partial charge in [0.05, 0.1) is 12.5 Å². The molecule has 0 spiro atoms. The maximum Gasteiger partial charge on any atom is 0.227 e. The van der Waals surface area contributed by atoms with Crippen LogP contribution in [-0.2, 0) is 11.2 Å². The van der Waals surface area contributed by atoms with E-state index in [1.54, 1.807) is 17.3 Å². The van der Waals surface area contributed by atoms with Crippen molar-refractivity contribution in [1.82, 2.24) is 9.88 Å². The predicted molar refractivity (Wildman–Crippen MR) is 64.4 cm³/mol. The highest BCUT2D eigenvalue weighted by Crippen LogP contribution is 2.29. The fraction of sp³-hybridized carbons (Fsp3) is 0.538. The van der Waals surface area contributed by atoms with E-state index in [2.05, 4.69) is 4.98 Å². The van der Waals surface area contributed by atoms with E-state index in [0.29, 0.717) is 19.4 Å². The van der Waals surface area contributed by atoms with Crippen LogP contribution in [-0.4, -0.2) is 39.1 Å². The molecule has 2 rings (SSSR count). The molecule has 0 saturated carbocycles. The van der Waals surface area contributed by atoms with Crippen molar-refractivity contribution in [2.24, 2.45) is 0 Å². The zero-order chi connectivity index (χ0) is 12.5. The van der Waals surface area contributed by atoms with Crippen molar-refractivity contribution in [3.8, 4) is 0 Å². The lowest BCUT2D eigenvalue weighted by molar-refractivity contribution is -0.133. The number of pyridine rings is 1. The van der Waals surface area contributed by atoms with Crippen LogP contribution in [0.2, 0.25) is 0 Å². The molecular formula is C13H18N2O2. The number of aliphatic hydroxyl groups excluding tert-OH is 1. The molecular weight excluding hydrogens is 216 g/mol.